The number of nitrogens with zero attached hydrogens (tertiary/aromatic N) is 1. The van der Waals surface area contributed by atoms with Gasteiger partial charge in [-0.15, -0.1) is 0 Å². The Kier molecular flexibility index (Phi) is 4.98. The Bertz CT molecular complexity index is 1130. The molecule has 0 spiro atoms. The van der Waals surface area contributed by atoms with E-state index >= 15 is 0 Å². The largest absolute Gasteiger partial charge is 0.497 e. The molecule has 1 aliphatic rings. The molecule has 1 amide bonds. The highest BCUT2D eigenvalue weighted by atomic mass is 32.2. The molecule has 0 radical (unpaired) electrons. The molecule has 1 atom stereocenters. The summed E-state index contributed by atoms with van der Waals surface area (Å²) in [7, 11) is -2.18. The van der Waals surface area contributed by atoms with E-state index in [9.17, 15) is 13.2 Å². The van der Waals surface area contributed by atoms with Gasteiger partial charge < -0.3 is 9.47 Å². The van der Waals surface area contributed by atoms with Crippen molar-refractivity contribution in [1.29, 1.82) is 0 Å². The van der Waals surface area contributed by atoms with Crippen molar-refractivity contribution in [2.24, 2.45) is 0 Å². The van der Waals surface area contributed by atoms with E-state index in [0.717, 1.165) is 0 Å². The first-order valence-corrected chi connectivity index (χ1v) is 10.7. The molecule has 4 rings (SSSR count). The molecular weight excluding hydrogens is 390 g/mol. The van der Waals surface area contributed by atoms with Gasteiger partial charge in [0.15, 0.2) is 21.0 Å². The Hall–Kier alpha value is -3.32. The summed E-state index contributed by atoms with van der Waals surface area (Å²) in [5.74, 6) is 0.562. The first-order valence-electron chi connectivity index (χ1n) is 8.99. The molecule has 7 heteroatoms. The topological polar surface area (TPSA) is 72.9 Å². The van der Waals surface area contributed by atoms with Gasteiger partial charge >= 0.3 is 0 Å². The second kappa shape index (κ2) is 7.60. The lowest BCUT2D eigenvalue weighted by Gasteiger charge is -2.25. The predicted molar refractivity (Wildman–Crippen MR) is 110 cm³/mol. The highest BCUT2D eigenvalue weighted by molar-refractivity contribution is 7.93. The van der Waals surface area contributed by atoms with Gasteiger partial charge in [0.05, 0.1) is 12.8 Å². The third kappa shape index (κ3) is 3.69. The lowest BCUT2D eigenvalue weighted by molar-refractivity contribution is -0.115. The molecule has 3 aromatic carbocycles. The van der Waals surface area contributed by atoms with Crippen LogP contribution in [0, 0.1) is 0 Å². The van der Waals surface area contributed by atoms with E-state index in [-0.39, 0.29) is 0 Å². The molecule has 0 unspecified atom stereocenters. The zero-order valence-corrected chi connectivity index (χ0v) is 16.5. The van der Waals surface area contributed by atoms with Gasteiger partial charge in [-0.2, -0.15) is 0 Å². The number of benzene rings is 3. The van der Waals surface area contributed by atoms with Crippen molar-refractivity contribution in [2.45, 2.75) is 5.37 Å². The van der Waals surface area contributed by atoms with Crippen LogP contribution < -0.4 is 14.4 Å². The first kappa shape index (κ1) is 19.0. The van der Waals surface area contributed by atoms with E-state index in [1.165, 1.54) is 12.0 Å². The fourth-order valence-electron chi connectivity index (χ4n) is 3.36. The van der Waals surface area contributed by atoms with Gasteiger partial charge in [0.2, 0.25) is 5.91 Å². The van der Waals surface area contributed by atoms with Crippen LogP contribution in [0.25, 0.3) is 0 Å². The van der Waals surface area contributed by atoms with Gasteiger partial charge in [-0.05, 0) is 42.0 Å². The quantitative estimate of drug-likeness (QED) is 0.638. The molecule has 0 bridgehead atoms. The van der Waals surface area contributed by atoms with Crippen LogP contribution in [0.2, 0.25) is 0 Å². The lowest BCUT2D eigenvalue weighted by Crippen LogP contribution is -2.29. The summed E-state index contributed by atoms with van der Waals surface area (Å²) in [5, 5.41) is -1.12. The van der Waals surface area contributed by atoms with Gasteiger partial charge in [0.1, 0.15) is 17.3 Å². The summed E-state index contributed by atoms with van der Waals surface area (Å²) in [4.78, 5) is 14.1. The molecule has 1 heterocycles. The minimum atomic E-state index is -3.72. The van der Waals surface area contributed by atoms with E-state index in [1.807, 2.05) is 18.2 Å². The molecule has 1 aliphatic heterocycles. The number of methoxy groups -OCH3 is 1. The zero-order valence-electron chi connectivity index (χ0n) is 15.7. The van der Waals surface area contributed by atoms with Crippen LogP contribution in [-0.2, 0) is 14.6 Å². The Morgan fingerprint density at radius 2 is 1.52 bits per heavy atom. The molecular formula is C22H19NO5S. The second-order valence-electron chi connectivity index (χ2n) is 6.58. The lowest BCUT2D eigenvalue weighted by atomic mass is 10.1. The molecule has 0 saturated carbocycles. The number of ether oxygens (including phenoxy) is 2. The second-order valence-corrected chi connectivity index (χ2v) is 8.64. The standard InChI is InChI=1S/C22H19NO5S/c1-27-17-13-11-16(12-14-17)22-23(21(24)15-29(22,25)26)19-9-5-6-10-20(19)28-18-7-3-2-4-8-18/h2-14,22H,15H2,1H3/t22-/m0/s1. The van der Waals surface area contributed by atoms with E-state index < -0.39 is 26.9 Å². The summed E-state index contributed by atoms with van der Waals surface area (Å²) in [6.07, 6.45) is 0. The van der Waals surface area contributed by atoms with Gasteiger partial charge in [-0.25, -0.2) is 8.42 Å². The maximum Gasteiger partial charge on any atom is 0.243 e. The monoisotopic (exact) mass is 409 g/mol. The fourth-order valence-corrected chi connectivity index (χ4v) is 5.12. The van der Waals surface area contributed by atoms with Crippen LogP contribution in [0.3, 0.4) is 0 Å². The van der Waals surface area contributed by atoms with Crippen LogP contribution >= 0.6 is 0 Å². The summed E-state index contributed by atoms with van der Waals surface area (Å²) < 4.78 is 36.8. The number of rotatable bonds is 5. The van der Waals surface area contributed by atoms with E-state index in [4.69, 9.17) is 9.47 Å². The van der Waals surface area contributed by atoms with Crippen molar-refractivity contribution in [3.8, 4) is 17.2 Å². The summed E-state index contributed by atoms with van der Waals surface area (Å²) in [6, 6.07) is 22.7. The maximum absolute atomic E-state index is 12.8. The minimum Gasteiger partial charge on any atom is -0.497 e. The number of hydrogen-bond acceptors (Lipinski definition) is 5. The summed E-state index contributed by atoms with van der Waals surface area (Å²) in [6.45, 7) is 0. The maximum atomic E-state index is 12.8. The predicted octanol–water partition coefficient (Wildman–Crippen LogP) is 3.95. The third-order valence-corrected chi connectivity index (χ3v) is 6.48. The van der Waals surface area contributed by atoms with Crippen LogP contribution in [0.5, 0.6) is 17.2 Å². The molecule has 148 valence electrons. The summed E-state index contributed by atoms with van der Waals surface area (Å²) in [5.41, 5.74) is 0.898. The van der Waals surface area contributed by atoms with Crippen LogP contribution in [-0.4, -0.2) is 27.2 Å². The summed E-state index contributed by atoms with van der Waals surface area (Å²) >= 11 is 0. The molecule has 3 aromatic rings. The van der Waals surface area contributed by atoms with Crippen LogP contribution in [0.15, 0.2) is 78.9 Å². The van der Waals surface area contributed by atoms with Crippen molar-refractivity contribution >= 4 is 21.4 Å². The molecule has 0 aromatic heterocycles. The highest BCUT2D eigenvalue weighted by Crippen LogP contribution is 2.42. The highest BCUT2D eigenvalue weighted by Gasteiger charge is 2.46. The number of sulfone groups is 1. The number of hydrogen-bond donors (Lipinski definition) is 0. The Morgan fingerprint density at radius 3 is 2.21 bits per heavy atom. The molecule has 1 fully saturated rings. The molecule has 0 N–H and O–H groups in total. The Balaban J connectivity index is 1.79. The van der Waals surface area contributed by atoms with Crippen molar-refractivity contribution < 1.29 is 22.7 Å². The zero-order chi connectivity index (χ0) is 20.4. The van der Waals surface area contributed by atoms with Gasteiger partial charge in [0.25, 0.3) is 0 Å². The number of carbonyl (C=O) groups is 1. The average molecular weight is 409 g/mol. The number of carbonyl (C=O) groups excluding carboxylic acids is 1. The minimum absolute atomic E-state index is 0.405. The first-order chi connectivity index (χ1) is 14.0. The van der Waals surface area contributed by atoms with Gasteiger partial charge in [-0.1, -0.05) is 42.5 Å². The van der Waals surface area contributed by atoms with Gasteiger partial charge in [0, 0.05) is 0 Å². The molecule has 6 nitrogen and oxygen atoms in total. The molecule has 1 saturated heterocycles. The normalized spacial score (nSPS) is 17.9. The SMILES string of the molecule is COc1ccc([C@H]2N(c3ccccc3Oc3ccccc3)C(=O)CS2(=O)=O)cc1. The van der Waals surface area contributed by atoms with Crippen LogP contribution in [0.1, 0.15) is 10.9 Å². The van der Waals surface area contributed by atoms with E-state index in [1.54, 1.807) is 60.7 Å². The fraction of sp³-hybridized carbons (Fsp3) is 0.136. The number of anilines is 1. The van der Waals surface area contributed by atoms with Crippen LogP contribution in [0.4, 0.5) is 5.69 Å². The number of amides is 1. The van der Waals surface area contributed by atoms with E-state index in [0.29, 0.717) is 28.5 Å². The van der Waals surface area contributed by atoms with Crippen molar-refractivity contribution in [2.75, 3.05) is 17.8 Å². The Morgan fingerprint density at radius 1 is 0.862 bits per heavy atom. The smallest absolute Gasteiger partial charge is 0.243 e. The molecule has 29 heavy (non-hydrogen) atoms. The molecule has 0 aliphatic carbocycles. The van der Waals surface area contributed by atoms with Crippen molar-refractivity contribution in [1.82, 2.24) is 0 Å². The number of para-hydroxylation sites is 3. The Labute approximate surface area is 169 Å². The third-order valence-electron chi connectivity index (χ3n) is 4.66. The van der Waals surface area contributed by atoms with Gasteiger partial charge in [-0.3, -0.25) is 9.69 Å². The van der Waals surface area contributed by atoms with Crippen molar-refractivity contribution in [3.63, 3.8) is 0 Å². The van der Waals surface area contributed by atoms with E-state index in [2.05, 4.69) is 0 Å². The van der Waals surface area contributed by atoms with Crippen molar-refractivity contribution in [3.05, 3.63) is 84.4 Å². The average Bonchev–Trinajstić information content (AvgIpc) is 2.97.